The van der Waals surface area contributed by atoms with Crippen LogP contribution in [0.25, 0.3) is 4.85 Å². The highest BCUT2D eigenvalue weighted by Gasteiger charge is 2.42. The molecule has 4 heterocycles. The first-order chi connectivity index (χ1) is 17.0. The number of halogens is 6. The summed E-state index contributed by atoms with van der Waals surface area (Å²) in [4.78, 5) is 22.5. The molecule has 2 aliphatic heterocycles. The van der Waals surface area contributed by atoms with Crippen LogP contribution >= 0.6 is 0 Å². The van der Waals surface area contributed by atoms with E-state index in [1.807, 2.05) is 4.90 Å². The van der Waals surface area contributed by atoms with Crippen molar-refractivity contribution in [2.75, 3.05) is 36.0 Å². The number of anilines is 2. The minimum Gasteiger partial charge on any atom is -0.360 e. The lowest BCUT2D eigenvalue weighted by molar-refractivity contribution is -0.179. The number of hydrogen-bond donors (Lipinski definition) is 1. The summed E-state index contributed by atoms with van der Waals surface area (Å²) in [6, 6.07) is 3.23. The molecule has 4 rings (SSSR count). The van der Waals surface area contributed by atoms with Crippen molar-refractivity contribution in [2.24, 2.45) is 17.6 Å². The molecule has 0 unspecified atom stereocenters. The van der Waals surface area contributed by atoms with Crippen LogP contribution in [-0.4, -0.2) is 58.5 Å². The van der Waals surface area contributed by atoms with Crippen molar-refractivity contribution in [2.45, 2.75) is 44.6 Å². The van der Waals surface area contributed by atoms with Crippen molar-refractivity contribution in [1.29, 1.82) is 0 Å². The molecular weight excluding hydrogens is 490 g/mol. The van der Waals surface area contributed by atoms with Gasteiger partial charge in [-0.2, -0.15) is 31.3 Å². The molecule has 2 aromatic rings. The van der Waals surface area contributed by atoms with E-state index in [-0.39, 0.29) is 31.5 Å². The largest absolute Gasteiger partial charge is 0.391 e. The van der Waals surface area contributed by atoms with Gasteiger partial charge in [0.05, 0.1) is 17.5 Å². The molecule has 2 aliphatic rings. The zero-order chi connectivity index (χ0) is 26.3. The van der Waals surface area contributed by atoms with Crippen LogP contribution in [0, 0.1) is 18.4 Å². The van der Waals surface area contributed by atoms with Crippen LogP contribution in [0.5, 0.6) is 0 Å². The molecule has 36 heavy (non-hydrogen) atoms. The SMILES string of the molecule is NCc1cc(N2CCC(C(F)(F)F)CC2)ncn1.[C-]#[N+]c1cc(N2CCC(C(F)(F)F)CC2)ncn1. The summed E-state index contributed by atoms with van der Waals surface area (Å²) in [6.07, 6.45) is -5.16. The number of nitrogens with two attached hydrogens (primary N) is 1. The van der Waals surface area contributed by atoms with E-state index in [2.05, 4.69) is 24.8 Å². The Bertz CT molecular complexity index is 1020. The smallest absolute Gasteiger partial charge is 0.360 e. The fourth-order valence-corrected chi connectivity index (χ4v) is 4.11. The molecular formula is C22H26F6N8. The Balaban J connectivity index is 0.000000201. The van der Waals surface area contributed by atoms with Gasteiger partial charge in [0, 0.05) is 44.9 Å². The molecule has 2 saturated heterocycles. The topological polar surface area (TPSA) is 88.4 Å². The van der Waals surface area contributed by atoms with Crippen molar-refractivity contribution < 1.29 is 26.3 Å². The first kappa shape index (κ1) is 27.4. The maximum absolute atomic E-state index is 12.5. The predicted octanol–water partition coefficient (Wildman–Crippen LogP) is 4.52. The van der Waals surface area contributed by atoms with Crippen LogP contribution in [-0.2, 0) is 6.54 Å². The van der Waals surface area contributed by atoms with Gasteiger partial charge in [-0.15, -0.1) is 4.98 Å². The lowest BCUT2D eigenvalue weighted by Gasteiger charge is -2.33. The molecule has 0 atom stereocenters. The van der Waals surface area contributed by atoms with E-state index in [1.54, 1.807) is 11.0 Å². The second-order valence-corrected chi connectivity index (χ2v) is 8.52. The van der Waals surface area contributed by atoms with E-state index in [1.165, 1.54) is 18.7 Å². The normalized spacial score (nSPS) is 17.8. The summed E-state index contributed by atoms with van der Waals surface area (Å²) in [5, 5.41) is 0. The average molecular weight is 516 g/mol. The van der Waals surface area contributed by atoms with Gasteiger partial charge in [-0.1, -0.05) is 6.57 Å². The van der Waals surface area contributed by atoms with Crippen LogP contribution in [0.15, 0.2) is 24.8 Å². The standard InChI is InChI=1S/C11H11F3N4.C11H15F3N4/c1-15-9-6-10(17-7-16-9)18-4-2-8(3-5-18)11(12,13)14;12-11(13,14)8-1-3-18(4-2-8)10-5-9(6-15)16-7-17-10/h6-8H,2-5H2;5,7-8H,1-4,6,15H2. The summed E-state index contributed by atoms with van der Waals surface area (Å²) in [5.74, 6) is -1.03. The molecule has 0 aliphatic carbocycles. The third-order valence-electron chi connectivity index (χ3n) is 6.23. The Labute approximate surface area is 204 Å². The van der Waals surface area contributed by atoms with Crippen molar-refractivity contribution in [3.05, 3.63) is 41.9 Å². The minimum absolute atomic E-state index is 0.0703. The molecule has 2 aromatic heterocycles. The van der Waals surface area contributed by atoms with Crippen LogP contribution in [0.3, 0.4) is 0 Å². The zero-order valence-corrected chi connectivity index (χ0v) is 19.3. The molecule has 14 heteroatoms. The highest BCUT2D eigenvalue weighted by atomic mass is 19.4. The number of aromatic nitrogens is 4. The highest BCUT2D eigenvalue weighted by molar-refractivity contribution is 5.49. The van der Waals surface area contributed by atoms with Crippen LogP contribution in [0.1, 0.15) is 31.4 Å². The zero-order valence-electron chi connectivity index (χ0n) is 19.3. The van der Waals surface area contributed by atoms with Crippen LogP contribution in [0.2, 0.25) is 0 Å². The number of rotatable bonds is 3. The third kappa shape index (κ3) is 7.39. The van der Waals surface area contributed by atoms with E-state index in [0.717, 1.165) is 0 Å². The van der Waals surface area contributed by atoms with E-state index >= 15 is 0 Å². The Morgan fingerprint density at radius 2 is 1.22 bits per heavy atom. The predicted molar refractivity (Wildman–Crippen MR) is 120 cm³/mol. The summed E-state index contributed by atoms with van der Waals surface area (Å²) in [5.41, 5.74) is 6.16. The highest BCUT2D eigenvalue weighted by Crippen LogP contribution is 2.36. The summed E-state index contributed by atoms with van der Waals surface area (Å²) < 4.78 is 75.1. The van der Waals surface area contributed by atoms with Crippen molar-refractivity contribution in [3.8, 4) is 0 Å². The molecule has 2 N–H and O–H groups in total. The van der Waals surface area contributed by atoms with Gasteiger partial charge in [-0.3, -0.25) is 0 Å². The van der Waals surface area contributed by atoms with Gasteiger partial charge in [0.15, 0.2) is 0 Å². The molecule has 8 nitrogen and oxygen atoms in total. The van der Waals surface area contributed by atoms with Gasteiger partial charge in [0.25, 0.3) is 5.82 Å². The van der Waals surface area contributed by atoms with Gasteiger partial charge in [0.2, 0.25) is 6.33 Å². The molecule has 0 aromatic carbocycles. The first-order valence-electron chi connectivity index (χ1n) is 11.3. The Morgan fingerprint density at radius 3 is 1.64 bits per heavy atom. The maximum Gasteiger partial charge on any atom is 0.391 e. The molecule has 0 saturated carbocycles. The summed E-state index contributed by atoms with van der Waals surface area (Å²) in [7, 11) is 0. The molecule has 2 fully saturated rings. The first-order valence-corrected chi connectivity index (χ1v) is 11.3. The van der Waals surface area contributed by atoms with Gasteiger partial charge < -0.3 is 20.4 Å². The van der Waals surface area contributed by atoms with Gasteiger partial charge in [-0.25, -0.2) is 9.97 Å². The van der Waals surface area contributed by atoms with Crippen molar-refractivity contribution >= 4 is 17.5 Å². The quantitative estimate of drug-likeness (QED) is 0.474. The molecule has 196 valence electrons. The Hall–Kier alpha value is -3.21. The number of alkyl halides is 6. The van der Waals surface area contributed by atoms with Gasteiger partial charge >= 0.3 is 12.4 Å². The maximum atomic E-state index is 12.5. The Kier molecular flexibility index (Phi) is 8.89. The third-order valence-corrected chi connectivity index (χ3v) is 6.23. The monoisotopic (exact) mass is 516 g/mol. The van der Waals surface area contributed by atoms with Crippen LogP contribution in [0.4, 0.5) is 43.8 Å². The second-order valence-electron chi connectivity index (χ2n) is 8.52. The minimum atomic E-state index is -4.11. The number of nitrogens with zero attached hydrogens (tertiary/aromatic N) is 7. The average Bonchev–Trinajstić information content (AvgIpc) is 2.88. The molecule has 0 bridgehead atoms. The van der Waals surface area contributed by atoms with Crippen molar-refractivity contribution in [3.63, 3.8) is 0 Å². The molecule has 0 radical (unpaired) electrons. The van der Waals surface area contributed by atoms with E-state index in [4.69, 9.17) is 12.3 Å². The van der Waals surface area contributed by atoms with Gasteiger partial charge in [0.1, 0.15) is 18.0 Å². The van der Waals surface area contributed by atoms with E-state index < -0.39 is 24.2 Å². The number of piperidine rings is 2. The molecule has 0 amide bonds. The summed E-state index contributed by atoms with van der Waals surface area (Å²) >= 11 is 0. The van der Waals surface area contributed by atoms with E-state index in [0.29, 0.717) is 50.1 Å². The molecule has 0 spiro atoms. The van der Waals surface area contributed by atoms with Crippen LogP contribution < -0.4 is 15.5 Å². The van der Waals surface area contributed by atoms with Crippen molar-refractivity contribution in [1.82, 2.24) is 19.9 Å². The fourth-order valence-electron chi connectivity index (χ4n) is 4.11. The summed E-state index contributed by atoms with van der Waals surface area (Å²) in [6.45, 7) is 8.48. The Morgan fingerprint density at radius 1 is 0.778 bits per heavy atom. The second kappa shape index (κ2) is 11.7. The van der Waals surface area contributed by atoms with Gasteiger partial charge in [-0.05, 0) is 25.7 Å². The van der Waals surface area contributed by atoms with E-state index in [9.17, 15) is 26.3 Å². The number of hydrogen-bond acceptors (Lipinski definition) is 7. The fraction of sp³-hybridized carbons (Fsp3) is 0.591. The lowest BCUT2D eigenvalue weighted by atomic mass is 9.96. The lowest BCUT2D eigenvalue weighted by Crippen LogP contribution is -2.39.